The third kappa shape index (κ3) is 5.27. The molecule has 0 spiro atoms. The third-order valence-electron chi connectivity index (χ3n) is 5.51. The SMILES string of the molecule is COc1cccc(OC)c1-n1c(C)nnc1-c1ccc(C)o1.Cc1nc([C@H](C)C(C)C)co1.[HH]. The summed E-state index contributed by atoms with van der Waals surface area (Å²) in [6, 6.07) is 9.38. The highest BCUT2D eigenvalue weighted by atomic mass is 16.5. The van der Waals surface area contributed by atoms with E-state index in [1.54, 1.807) is 20.5 Å². The van der Waals surface area contributed by atoms with Gasteiger partial charge in [-0.1, -0.05) is 26.8 Å². The van der Waals surface area contributed by atoms with E-state index < -0.39 is 0 Å². The summed E-state index contributed by atoms with van der Waals surface area (Å²) < 4.78 is 23.6. The van der Waals surface area contributed by atoms with Gasteiger partial charge in [0.15, 0.2) is 11.7 Å². The van der Waals surface area contributed by atoms with Crippen LogP contribution in [-0.2, 0) is 0 Å². The highest BCUT2D eigenvalue weighted by molar-refractivity contribution is 5.63. The molecule has 0 N–H and O–H groups in total. The Hall–Kier alpha value is -3.55. The van der Waals surface area contributed by atoms with E-state index in [-0.39, 0.29) is 1.43 Å². The Morgan fingerprint density at radius 2 is 1.61 bits per heavy atom. The first-order valence-electron chi connectivity index (χ1n) is 10.9. The number of nitrogens with zero attached hydrogens (tertiary/aromatic N) is 4. The van der Waals surface area contributed by atoms with Gasteiger partial charge in [0.05, 0.1) is 19.9 Å². The average Bonchev–Trinajstić information content (AvgIpc) is 3.52. The van der Waals surface area contributed by atoms with Crippen LogP contribution < -0.4 is 9.47 Å². The van der Waals surface area contributed by atoms with Crippen LogP contribution in [0.15, 0.2) is 45.4 Å². The van der Waals surface area contributed by atoms with Gasteiger partial charge in [-0.2, -0.15) is 0 Å². The van der Waals surface area contributed by atoms with Crippen LogP contribution in [0.1, 0.15) is 51.3 Å². The van der Waals surface area contributed by atoms with Crippen LogP contribution in [0.5, 0.6) is 11.5 Å². The van der Waals surface area contributed by atoms with Gasteiger partial charge in [0.25, 0.3) is 0 Å². The summed E-state index contributed by atoms with van der Waals surface area (Å²) in [5.41, 5.74) is 1.82. The van der Waals surface area contributed by atoms with E-state index in [4.69, 9.17) is 18.3 Å². The summed E-state index contributed by atoms with van der Waals surface area (Å²) in [5.74, 6) is 6.00. The van der Waals surface area contributed by atoms with Gasteiger partial charge in [-0.25, -0.2) is 4.98 Å². The number of hydrogen-bond acceptors (Lipinski definition) is 7. The van der Waals surface area contributed by atoms with Crippen molar-refractivity contribution in [1.29, 1.82) is 0 Å². The molecule has 33 heavy (non-hydrogen) atoms. The van der Waals surface area contributed by atoms with Crippen molar-refractivity contribution in [1.82, 2.24) is 19.7 Å². The van der Waals surface area contributed by atoms with Crippen molar-refractivity contribution in [3.8, 4) is 28.8 Å². The fraction of sp³-hybridized carbons (Fsp3) is 0.400. The fourth-order valence-electron chi connectivity index (χ4n) is 3.33. The Morgan fingerprint density at radius 3 is 2.09 bits per heavy atom. The van der Waals surface area contributed by atoms with Crippen LogP contribution in [0.3, 0.4) is 0 Å². The van der Waals surface area contributed by atoms with Crippen molar-refractivity contribution in [2.45, 2.75) is 47.5 Å². The number of oxazole rings is 1. The Morgan fingerprint density at radius 1 is 0.939 bits per heavy atom. The lowest BCUT2D eigenvalue weighted by molar-refractivity contribution is 0.390. The normalized spacial score (nSPS) is 11.8. The van der Waals surface area contributed by atoms with Crippen LogP contribution in [0.2, 0.25) is 0 Å². The number of rotatable bonds is 6. The smallest absolute Gasteiger partial charge is 0.204 e. The van der Waals surface area contributed by atoms with Gasteiger partial charge in [0.1, 0.15) is 35.0 Å². The molecule has 0 aliphatic heterocycles. The second-order valence-electron chi connectivity index (χ2n) is 8.15. The molecule has 4 rings (SSSR count). The molecule has 1 aromatic carbocycles. The van der Waals surface area contributed by atoms with Crippen molar-refractivity contribution >= 4 is 0 Å². The van der Waals surface area contributed by atoms with E-state index in [0.717, 1.165) is 23.0 Å². The molecule has 8 nitrogen and oxygen atoms in total. The van der Waals surface area contributed by atoms with Crippen LogP contribution in [-0.4, -0.2) is 34.0 Å². The molecule has 0 fully saturated rings. The lowest BCUT2D eigenvalue weighted by Crippen LogP contribution is -2.04. The third-order valence-corrected chi connectivity index (χ3v) is 5.51. The Bertz CT molecular complexity index is 1170. The number of para-hydroxylation sites is 1. The van der Waals surface area contributed by atoms with Gasteiger partial charge in [0.2, 0.25) is 5.82 Å². The fourth-order valence-corrected chi connectivity index (χ4v) is 3.33. The number of hydrogen-bond donors (Lipinski definition) is 0. The van der Waals surface area contributed by atoms with Crippen molar-refractivity contribution in [3.05, 3.63) is 59.8 Å². The van der Waals surface area contributed by atoms with E-state index in [2.05, 4.69) is 36.0 Å². The number of aryl methyl sites for hydroxylation is 3. The molecule has 0 unspecified atom stereocenters. The summed E-state index contributed by atoms with van der Waals surface area (Å²) in [5, 5.41) is 8.41. The van der Waals surface area contributed by atoms with Crippen molar-refractivity contribution in [3.63, 3.8) is 0 Å². The van der Waals surface area contributed by atoms with Crippen LogP contribution in [0.4, 0.5) is 0 Å². The molecule has 8 heteroatoms. The number of ether oxygens (including phenoxy) is 2. The summed E-state index contributed by atoms with van der Waals surface area (Å²) in [7, 11) is 3.24. The van der Waals surface area contributed by atoms with Crippen LogP contribution in [0, 0.1) is 26.7 Å². The zero-order valence-corrected chi connectivity index (χ0v) is 20.5. The Labute approximate surface area is 196 Å². The zero-order valence-electron chi connectivity index (χ0n) is 20.5. The summed E-state index contributed by atoms with van der Waals surface area (Å²) in [4.78, 5) is 4.27. The first kappa shape index (κ1) is 24.1. The van der Waals surface area contributed by atoms with Crippen molar-refractivity contribution in [2.24, 2.45) is 5.92 Å². The molecule has 3 aromatic heterocycles. The molecule has 4 aromatic rings. The average molecular weight is 455 g/mol. The first-order valence-corrected chi connectivity index (χ1v) is 10.9. The Balaban J connectivity index is 0.000000289. The molecule has 1 atom stereocenters. The molecule has 3 heterocycles. The molecule has 0 saturated heterocycles. The number of furan rings is 1. The lowest BCUT2D eigenvalue weighted by Gasteiger charge is -2.15. The molecule has 0 aliphatic carbocycles. The van der Waals surface area contributed by atoms with Crippen molar-refractivity contribution in [2.75, 3.05) is 14.2 Å². The monoisotopic (exact) mass is 454 g/mol. The molecule has 0 amide bonds. The summed E-state index contributed by atoms with van der Waals surface area (Å²) >= 11 is 0. The second kappa shape index (κ2) is 10.4. The summed E-state index contributed by atoms with van der Waals surface area (Å²) in [6.07, 6.45) is 1.75. The van der Waals surface area contributed by atoms with Gasteiger partial charge in [-0.3, -0.25) is 4.57 Å². The summed E-state index contributed by atoms with van der Waals surface area (Å²) in [6.45, 7) is 12.2. The van der Waals surface area contributed by atoms with E-state index in [9.17, 15) is 0 Å². The minimum atomic E-state index is 0. The van der Waals surface area contributed by atoms with E-state index >= 15 is 0 Å². The van der Waals surface area contributed by atoms with Gasteiger partial charge in [0, 0.05) is 14.3 Å². The maximum absolute atomic E-state index is 5.69. The maximum atomic E-state index is 5.69. The molecule has 0 radical (unpaired) electrons. The second-order valence-corrected chi connectivity index (χ2v) is 8.15. The largest absolute Gasteiger partial charge is 0.494 e. The molecular formula is C25H34N4O4. The predicted molar refractivity (Wildman–Crippen MR) is 128 cm³/mol. The lowest BCUT2D eigenvalue weighted by atomic mass is 9.95. The van der Waals surface area contributed by atoms with Gasteiger partial charge in [-0.05, 0) is 44.0 Å². The van der Waals surface area contributed by atoms with Gasteiger partial charge in [-0.15, -0.1) is 10.2 Å². The number of methoxy groups -OCH3 is 2. The van der Waals surface area contributed by atoms with E-state index in [1.807, 2.05) is 55.7 Å². The van der Waals surface area contributed by atoms with Gasteiger partial charge >= 0.3 is 0 Å². The Kier molecular flexibility index (Phi) is 7.58. The van der Waals surface area contributed by atoms with E-state index in [0.29, 0.717) is 40.7 Å². The zero-order chi connectivity index (χ0) is 24.1. The molecule has 0 bridgehead atoms. The van der Waals surface area contributed by atoms with Crippen molar-refractivity contribution < 1.29 is 19.7 Å². The van der Waals surface area contributed by atoms with E-state index in [1.165, 1.54) is 0 Å². The molecule has 178 valence electrons. The minimum absolute atomic E-state index is 0. The van der Waals surface area contributed by atoms with Gasteiger partial charge < -0.3 is 18.3 Å². The van der Waals surface area contributed by atoms with Crippen LogP contribution >= 0.6 is 0 Å². The highest BCUT2D eigenvalue weighted by Crippen LogP contribution is 2.36. The number of aromatic nitrogens is 4. The molecule has 0 aliphatic rings. The minimum Gasteiger partial charge on any atom is -0.494 e. The standard InChI is InChI=1S/C16H17N3O3.C9H15NO.H2/c1-10-8-9-14(22-10)16-18-17-11(2)19(16)15-12(20-3)6-5-7-13(15)21-4;1-6(2)7(3)9-5-11-8(4)10-9;/h5-9H,1-4H3;5-7H,1-4H3;1H/t;7-;/m.1./s1. The quantitative estimate of drug-likeness (QED) is 0.345. The topological polar surface area (TPSA) is 88.3 Å². The van der Waals surface area contributed by atoms with Crippen LogP contribution in [0.25, 0.3) is 17.3 Å². The highest BCUT2D eigenvalue weighted by Gasteiger charge is 2.21. The predicted octanol–water partition coefficient (Wildman–Crippen LogP) is 6.15. The molecule has 0 saturated carbocycles. The number of benzene rings is 1. The first-order chi connectivity index (χ1) is 15.8. The molecular weight excluding hydrogens is 420 g/mol. The maximum Gasteiger partial charge on any atom is 0.204 e.